The number of allylic oxidation sites excluding steroid dienone is 3. The minimum absolute atomic E-state index is 0.00807. The van der Waals surface area contributed by atoms with Gasteiger partial charge in [0, 0.05) is 0 Å². The smallest absolute Gasteiger partial charge is 0.230 e. The Morgan fingerprint density at radius 2 is 1.96 bits per heavy atom. The maximum Gasteiger partial charge on any atom is 0.230 e. The van der Waals surface area contributed by atoms with Gasteiger partial charge in [-0.3, -0.25) is 4.79 Å². The van der Waals surface area contributed by atoms with E-state index in [0.717, 1.165) is 24.0 Å². The van der Waals surface area contributed by atoms with Crippen molar-refractivity contribution in [3.8, 4) is 0 Å². The van der Waals surface area contributed by atoms with Gasteiger partial charge < -0.3 is 5.32 Å². The van der Waals surface area contributed by atoms with E-state index in [1.807, 2.05) is 62.4 Å². The first-order valence-corrected chi connectivity index (χ1v) is 8.35. The van der Waals surface area contributed by atoms with Crippen molar-refractivity contribution in [3.05, 3.63) is 72.4 Å². The molecule has 2 unspecified atom stereocenters. The Morgan fingerprint density at radius 3 is 2.43 bits per heavy atom. The van der Waals surface area contributed by atoms with Crippen molar-refractivity contribution in [2.75, 3.05) is 0 Å². The molecule has 23 heavy (non-hydrogen) atoms. The van der Waals surface area contributed by atoms with Gasteiger partial charge >= 0.3 is 0 Å². The van der Waals surface area contributed by atoms with Gasteiger partial charge in [0.25, 0.3) is 0 Å². The summed E-state index contributed by atoms with van der Waals surface area (Å²) in [4.78, 5) is 13.0. The molecule has 0 bridgehead atoms. The summed E-state index contributed by atoms with van der Waals surface area (Å²) in [5.41, 5.74) is 1.60. The van der Waals surface area contributed by atoms with Crippen molar-refractivity contribution in [2.24, 2.45) is 0 Å². The molecule has 2 nitrogen and oxygen atoms in total. The van der Waals surface area contributed by atoms with Gasteiger partial charge in [0.1, 0.15) is 0 Å². The molecule has 0 aliphatic heterocycles. The van der Waals surface area contributed by atoms with Crippen LogP contribution in [0.2, 0.25) is 0 Å². The molecule has 0 spiro atoms. The SMILES string of the molecule is C=C/C=C(\C=C/C)C(CC)NC(=O)C(C)(CC)c1ccccc1. The summed E-state index contributed by atoms with van der Waals surface area (Å²) in [6.07, 6.45) is 9.33. The lowest BCUT2D eigenvalue weighted by molar-refractivity contribution is -0.126. The normalized spacial score (nSPS) is 15.9. The average molecular weight is 311 g/mol. The maximum atomic E-state index is 13.0. The molecule has 0 saturated heterocycles. The Hall–Kier alpha value is -2.09. The summed E-state index contributed by atoms with van der Waals surface area (Å²) in [6.45, 7) is 11.9. The molecule has 1 rings (SSSR count). The Bertz CT molecular complexity index is 571. The lowest BCUT2D eigenvalue weighted by Gasteiger charge is -2.30. The minimum Gasteiger partial charge on any atom is -0.349 e. The number of rotatable bonds is 8. The summed E-state index contributed by atoms with van der Waals surface area (Å²) >= 11 is 0. The van der Waals surface area contributed by atoms with Crippen LogP contribution in [0.1, 0.15) is 46.1 Å². The first kappa shape index (κ1) is 19.0. The van der Waals surface area contributed by atoms with E-state index in [9.17, 15) is 4.79 Å². The standard InChI is InChI=1S/C21H29NO/c1-6-13-17(14-7-2)19(8-3)22-20(23)21(5,9-4)18-15-11-10-12-16-18/h6-7,10-16,19H,1,8-9H2,2-5H3,(H,22,23)/b14-7-,17-13+. The topological polar surface area (TPSA) is 29.1 Å². The molecule has 0 aliphatic rings. The van der Waals surface area contributed by atoms with E-state index in [-0.39, 0.29) is 11.9 Å². The number of carbonyl (C=O) groups excluding carboxylic acids is 1. The van der Waals surface area contributed by atoms with Crippen LogP contribution in [0.25, 0.3) is 0 Å². The highest BCUT2D eigenvalue weighted by Crippen LogP contribution is 2.28. The second kappa shape index (κ2) is 9.14. The fourth-order valence-electron chi connectivity index (χ4n) is 2.66. The molecule has 0 heterocycles. The number of nitrogens with one attached hydrogen (secondary N) is 1. The molecule has 0 aliphatic carbocycles. The molecule has 1 amide bonds. The Labute approximate surface area is 141 Å². The number of amides is 1. The van der Waals surface area contributed by atoms with E-state index in [2.05, 4.69) is 25.7 Å². The predicted molar refractivity (Wildman–Crippen MR) is 99.4 cm³/mol. The van der Waals surface area contributed by atoms with E-state index in [1.54, 1.807) is 6.08 Å². The first-order chi connectivity index (χ1) is 11.0. The van der Waals surface area contributed by atoms with Gasteiger partial charge in [-0.05, 0) is 37.8 Å². The predicted octanol–water partition coefficient (Wildman–Crippen LogP) is 4.94. The highest BCUT2D eigenvalue weighted by Gasteiger charge is 2.34. The van der Waals surface area contributed by atoms with E-state index >= 15 is 0 Å². The maximum absolute atomic E-state index is 13.0. The Kier molecular flexibility index (Phi) is 7.53. The summed E-state index contributed by atoms with van der Waals surface area (Å²) < 4.78 is 0. The van der Waals surface area contributed by atoms with E-state index < -0.39 is 5.41 Å². The van der Waals surface area contributed by atoms with Crippen LogP contribution in [-0.4, -0.2) is 11.9 Å². The molecule has 0 fully saturated rings. The first-order valence-electron chi connectivity index (χ1n) is 8.35. The third kappa shape index (κ3) is 4.69. The van der Waals surface area contributed by atoms with Gasteiger partial charge in [0.2, 0.25) is 5.91 Å². The third-order valence-corrected chi connectivity index (χ3v) is 4.40. The molecule has 1 N–H and O–H groups in total. The second-order valence-electron chi connectivity index (χ2n) is 5.89. The van der Waals surface area contributed by atoms with Gasteiger partial charge in [-0.1, -0.05) is 75.1 Å². The lowest BCUT2D eigenvalue weighted by atomic mass is 9.79. The van der Waals surface area contributed by atoms with Crippen LogP contribution in [0.4, 0.5) is 0 Å². The largest absolute Gasteiger partial charge is 0.349 e. The van der Waals surface area contributed by atoms with Gasteiger partial charge in [-0.25, -0.2) is 0 Å². The second-order valence-corrected chi connectivity index (χ2v) is 5.89. The van der Waals surface area contributed by atoms with Crippen molar-refractivity contribution in [3.63, 3.8) is 0 Å². The highest BCUT2D eigenvalue weighted by molar-refractivity contribution is 5.88. The Morgan fingerprint density at radius 1 is 1.30 bits per heavy atom. The molecule has 0 radical (unpaired) electrons. The van der Waals surface area contributed by atoms with Gasteiger partial charge in [-0.15, -0.1) is 0 Å². The number of carbonyl (C=O) groups is 1. The Balaban J connectivity index is 3.06. The zero-order valence-electron chi connectivity index (χ0n) is 14.8. The van der Waals surface area contributed by atoms with E-state index in [0.29, 0.717) is 0 Å². The summed E-state index contributed by atoms with van der Waals surface area (Å²) in [6, 6.07) is 9.98. The van der Waals surface area contributed by atoms with Crippen LogP contribution < -0.4 is 5.32 Å². The van der Waals surface area contributed by atoms with Crippen molar-refractivity contribution in [1.29, 1.82) is 0 Å². The molecule has 2 heteroatoms. The van der Waals surface area contributed by atoms with Crippen molar-refractivity contribution >= 4 is 5.91 Å². The molecular formula is C21H29NO. The summed E-state index contributed by atoms with van der Waals surface area (Å²) in [7, 11) is 0. The monoisotopic (exact) mass is 311 g/mol. The van der Waals surface area contributed by atoms with Crippen LogP contribution in [0, 0.1) is 0 Å². The molecule has 0 aromatic heterocycles. The molecule has 124 valence electrons. The average Bonchev–Trinajstić information content (AvgIpc) is 2.59. The van der Waals surface area contributed by atoms with Crippen molar-refractivity contribution < 1.29 is 4.79 Å². The van der Waals surface area contributed by atoms with Gasteiger partial charge in [-0.2, -0.15) is 0 Å². The van der Waals surface area contributed by atoms with Gasteiger partial charge in [0.05, 0.1) is 11.5 Å². The number of benzene rings is 1. The molecule has 1 aromatic carbocycles. The zero-order chi connectivity index (χ0) is 17.3. The molecular weight excluding hydrogens is 282 g/mol. The molecule has 2 atom stereocenters. The lowest BCUT2D eigenvalue weighted by Crippen LogP contribution is -2.46. The van der Waals surface area contributed by atoms with Gasteiger partial charge in [0.15, 0.2) is 0 Å². The van der Waals surface area contributed by atoms with Crippen LogP contribution >= 0.6 is 0 Å². The van der Waals surface area contributed by atoms with Crippen LogP contribution in [0.5, 0.6) is 0 Å². The van der Waals surface area contributed by atoms with Crippen LogP contribution in [0.3, 0.4) is 0 Å². The highest BCUT2D eigenvalue weighted by atomic mass is 16.2. The summed E-state index contributed by atoms with van der Waals surface area (Å²) in [5.74, 6) is 0.0671. The van der Waals surface area contributed by atoms with Crippen molar-refractivity contribution in [1.82, 2.24) is 5.32 Å². The number of hydrogen-bond donors (Lipinski definition) is 1. The van der Waals surface area contributed by atoms with Crippen LogP contribution in [-0.2, 0) is 10.2 Å². The zero-order valence-corrected chi connectivity index (χ0v) is 14.8. The molecule has 1 aromatic rings. The van der Waals surface area contributed by atoms with Crippen LogP contribution in [0.15, 0.2) is 66.8 Å². The van der Waals surface area contributed by atoms with E-state index in [1.165, 1.54) is 0 Å². The third-order valence-electron chi connectivity index (χ3n) is 4.40. The fourth-order valence-corrected chi connectivity index (χ4v) is 2.66. The molecule has 0 saturated carbocycles. The summed E-state index contributed by atoms with van der Waals surface area (Å²) in [5, 5.41) is 3.22. The fraction of sp³-hybridized carbons (Fsp3) is 0.381. The van der Waals surface area contributed by atoms with E-state index in [4.69, 9.17) is 0 Å². The van der Waals surface area contributed by atoms with Crippen molar-refractivity contribution in [2.45, 2.75) is 52.0 Å². The number of hydrogen-bond acceptors (Lipinski definition) is 1. The quantitative estimate of drug-likeness (QED) is 0.677. The minimum atomic E-state index is -0.524.